The zero-order chi connectivity index (χ0) is 11.5. The fourth-order valence-corrected chi connectivity index (χ4v) is 2.31. The maximum Gasteiger partial charge on any atom is 0.124 e. The first-order chi connectivity index (χ1) is 7.68. The van der Waals surface area contributed by atoms with Crippen molar-refractivity contribution in [1.82, 2.24) is 9.97 Å². The summed E-state index contributed by atoms with van der Waals surface area (Å²) in [6.07, 6.45) is 3.97. The van der Waals surface area contributed by atoms with Crippen molar-refractivity contribution < 1.29 is 5.11 Å². The van der Waals surface area contributed by atoms with Gasteiger partial charge in [0.2, 0.25) is 0 Å². The molecular formula is C11H8BrIN2O. The minimum Gasteiger partial charge on any atom is -0.382 e. The smallest absolute Gasteiger partial charge is 0.124 e. The van der Waals surface area contributed by atoms with Crippen LogP contribution >= 0.6 is 38.5 Å². The van der Waals surface area contributed by atoms with E-state index in [9.17, 15) is 5.11 Å². The topological polar surface area (TPSA) is 46.0 Å². The number of benzene rings is 1. The summed E-state index contributed by atoms with van der Waals surface area (Å²) in [6, 6.07) is 5.80. The predicted octanol–water partition coefficient (Wildman–Crippen LogP) is 2.93. The summed E-state index contributed by atoms with van der Waals surface area (Å²) in [5.41, 5.74) is 1.35. The molecule has 0 saturated heterocycles. The van der Waals surface area contributed by atoms with Gasteiger partial charge in [0.05, 0.1) is 11.9 Å². The molecule has 0 fully saturated rings. The van der Waals surface area contributed by atoms with Crippen molar-refractivity contribution in [3.8, 4) is 0 Å². The molecule has 0 aliphatic rings. The molecule has 82 valence electrons. The molecule has 0 amide bonds. The molecular weight excluding hydrogens is 383 g/mol. The van der Waals surface area contributed by atoms with E-state index in [2.05, 4.69) is 48.5 Å². The molecule has 1 heterocycles. The third-order valence-corrected chi connectivity index (χ3v) is 3.51. The minimum atomic E-state index is -0.752. The number of aliphatic hydroxyl groups is 1. The Morgan fingerprint density at radius 3 is 2.81 bits per heavy atom. The van der Waals surface area contributed by atoms with Gasteiger partial charge in [0.15, 0.2) is 0 Å². The van der Waals surface area contributed by atoms with E-state index in [0.717, 1.165) is 13.6 Å². The summed E-state index contributed by atoms with van der Waals surface area (Å²) in [7, 11) is 0. The van der Waals surface area contributed by atoms with Gasteiger partial charge in [-0.15, -0.1) is 0 Å². The average molecular weight is 391 g/mol. The Kier molecular flexibility index (Phi) is 3.88. The Morgan fingerprint density at radius 1 is 1.31 bits per heavy atom. The van der Waals surface area contributed by atoms with Gasteiger partial charge in [-0.3, -0.25) is 9.97 Å². The maximum atomic E-state index is 10.2. The molecule has 1 aromatic carbocycles. The van der Waals surface area contributed by atoms with Gasteiger partial charge in [-0.2, -0.15) is 0 Å². The van der Waals surface area contributed by atoms with Crippen LogP contribution in [0.4, 0.5) is 0 Å². The Morgan fingerprint density at radius 2 is 2.12 bits per heavy atom. The van der Waals surface area contributed by atoms with Crippen molar-refractivity contribution in [1.29, 1.82) is 0 Å². The fourth-order valence-electron chi connectivity index (χ4n) is 1.34. The minimum absolute atomic E-state index is 0.546. The monoisotopic (exact) mass is 390 g/mol. The molecule has 0 radical (unpaired) electrons. The lowest BCUT2D eigenvalue weighted by Crippen LogP contribution is -2.03. The van der Waals surface area contributed by atoms with E-state index in [1.807, 2.05) is 18.2 Å². The highest BCUT2D eigenvalue weighted by Crippen LogP contribution is 2.28. The van der Waals surface area contributed by atoms with E-state index < -0.39 is 6.10 Å². The van der Waals surface area contributed by atoms with E-state index >= 15 is 0 Å². The SMILES string of the molecule is OC(c1cnccn1)c1cc(I)ccc1Br. The van der Waals surface area contributed by atoms with Crippen LogP contribution in [0.3, 0.4) is 0 Å². The Labute approximate surface area is 115 Å². The first-order valence-electron chi connectivity index (χ1n) is 4.57. The van der Waals surface area contributed by atoms with Gasteiger partial charge in [0.25, 0.3) is 0 Å². The zero-order valence-corrected chi connectivity index (χ0v) is 11.9. The van der Waals surface area contributed by atoms with Gasteiger partial charge in [0, 0.05) is 26.0 Å². The molecule has 0 aliphatic heterocycles. The van der Waals surface area contributed by atoms with Gasteiger partial charge >= 0.3 is 0 Å². The van der Waals surface area contributed by atoms with Crippen LogP contribution in [0, 0.1) is 3.57 Å². The number of hydrogen-bond acceptors (Lipinski definition) is 3. The molecule has 1 unspecified atom stereocenters. The molecule has 1 N–H and O–H groups in total. The molecule has 1 atom stereocenters. The molecule has 5 heteroatoms. The summed E-state index contributed by atoms with van der Waals surface area (Å²) < 4.78 is 1.94. The molecule has 2 aromatic rings. The molecule has 0 spiro atoms. The third kappa shape index (κ3) is 2.58. The van der Waals surface area contributed by atoms with Gasteiger partial charge < -0.3 is 5.11 Å². The number of halogens is 2. The zero-order valence-electron chi connectivity index (χ0n) is 8.14. The lowest BCUT2D eigenvalue weighted by molar-refractivity contribution is 0.214. The van der Waals surface area contributed by atoms with Crippen LogP contribution in [0.5, 0.6) is 0 Å². The normalized spacial score (nSPS) is 12.4. The van der Waals surface area contributed by atoms with Gasteiger partial charge in [-0.1, -0.05) is 15.9 Å². The van der Waals surface area contributed by atoms with Crippen LogP contribution in [-0.4, -0.2) is 15.1 Å². The molecule has 16 heavy (non-hydrogen) atoms. The van der Waals surface area contributed by atoms with Gasteiger partial charge in [-0.25, -0.2) is 0 Å². The number of aromatic nitrogens is 2. The number of nitrogens with zero attached hydrogens (tertiary/aromatic N) is 2. The molecule has 1 aromatic heterocycles. The molecule has 2 rings (SSSR count). The summed E-state index contributed by atoms with van der Waals surface area (Å²) in [4.78, 5) is 8.03. The summed E-state index contributed by atoms with van der Waals surface area (Å²) in [6.45, 7) is 0. The van der Waals surface area contributed by atoms with Crippen LogP contribution in [0.15, 0.2) is 41.3 Å². The number of hydrogen-bond donors (Lipinski definition) is 1. The van der Waals surface area contributed by atoms with Crippen LogP contribution in [0.2, 0.25) is 0 Å². The Bertz CT molecular complexity index is 493. The average Bonchev–Trinajstić information content (AvgIpc) is 2.32. The second-order valence-corrected chi connectivity index (χ2v) is 5.30. The van der Waals surface area contributed by atoms with Crippen molar-refractivity contribution in [2.24, 2.45) is 0 Å². The molecule has 0 bridgehead atoms. The quantitative estimate of drug-likeness (QED) is 0.802. The van der Waals surface area contributed by atoms with Crippen molar-refractivity contribution in [3.05, 3.63) is 56.1 Å². The van der Waals surface area contributed by atoms with E-state index in [0.29, 0.717) is 5.69 Å². The maximum absolute atomic E-state index is 10.2. The predicted molar refractivity (Wildman–Crippen MR) is 73.0 cm³/mol. The standard InChI is InChI=1S/C11H8BrIN2O/c12-9-2-1-7(13)5-8(9)11(16)10-6-14-3-4-15-10/h1-6,11,16H. The lowest BCUT2D eigenvalue weighted by Gasteiger charge is -2.12. The van der Waals surface area contributed by atoms with Crippen molar-refractivity contribution in [2.45, 2.75) is 6.10 Å². The summed E-state index contributed by atoms with van der Waals surface area (Å²) in [5, 5.41) is 10.2. The van der Waals surface area contributed by atoms with E-state index in [1.165, 1.54) is 0 Å². The van der Waals surface area contributed by atoms with Gasteiger partial charge in [-0.05, 0) is 40.8 Å². The molecule has 3 nitrogen and oxygen atoms in total. The fraction of sp³-hybridized carbons (Fsp3) is 0.0909. The largest absolute Gasteiger partial charge is 0.382 e. The highest BCUT2D eigenvalue weighted by Gasteiger charge is 2.15. The van der Waals surface area contributed by atoms with Crippen molar-refractivity contribution in [2.75, 3.05) is 0 Å². The van der Waals surface area contributed by atoms with Crippen LogP contribution in [-0.2, 0) is 0 Å². The summed E-state index contributed by atoms with van der Waals surface area (Å²) >= 11 is 5.62. The van der Waals surface area contributed by atoms with E-state index in [4.69, 9.17) is 0 Å². The lowest BCUT2D eigenvalue weighted by atomic mass is 10.1. The van der Waals surface area contributed by atoms with Crippen molar-refractivity contribution in [3.63, 3.8) is 0 Å². The van der Waals surface area contributed by atoms with Crippen LogP contribution < -0.4 is 0 Å². The Hall–Kier alpha value is -0.530. The van der Waals surface area contributed by atoms with Crippen LogP contribution in [0.25, 0.3) is 0 Å². The molecule has 0 saturated carbocycles. The van der Waals surface area contributed by atoms with Gasteiger partial charge in [0.1, 0.15) is 6.10 Å². The van der Waals surface area contributed by atoms with E-state index in [-0.39, 0.29) is 0 Å². The second kappa shape index (κ2) is 5.20. The Balaban J connectivity index is 2.41. The first kappa shape index (κ1) is 11.9. The van der Waals surface area contributed by atoms with Crippen LogP contribution in [0.1, 0.15) is 17.4 Å². The number of rotatable bonds is 2. The second-order valence-electron chi connectivity index (χ2n) is 3.20. The molecule has 0 aliphatic carbocycles. The summed E-state index contributed by atoms with van der Waals surface area (Å²) in [5.74, 6) is 0. The van der Waals surface area contributed by atoms with E-state index in [1.54, 1.807) is 18.6 Å². The third-order valence-electron chi connectivity index (χ3n) is 2.12. The van der Waals surface area contributed by atoms with Crippen molar-refractivity contribution >= 4 is 38.5 Å². The highest BCUT2D eigenvalue weighted by atomic mass is 127. The highest BCUT2D eigenvalue weighted by molar-refractivity contribution is 14.1. The number of aliphatic hydroxyl groups excluding tert-OH is 1. The first-order valence-corrected chi connectivity index (χ1v) is 6.44.